The van der Waals surface area contributed by atoms with E-state index in [1.165, 1.54) is 63.4 Å². The van der Waals surface area contributed by atoms with Crippen LogP contribution in [0.4, 0.5) is 4.39 Å². The molecular weight excluding hydrogens is 938 g/mol. The quantitative estimate of drug-likeness (QED) is 0.120. The van der Waals surface area contributed by atoms with Crippen molar-refractivity contribution in [3.05, 3.63) is 201 Å². The Morgan fingerprint density at radius 2 is 0.836 bits per heavy atom. The monoisotopic (exact) mass is 1010 g/mol. The smallest absolute Gasteiger partial charge is 0.177 e. The first-order chi connectivity index (χ1) is 32.9. The molecule has 0 aliphatic rings. The van der Waals surface area contributed by atoms with Gasteiger partial charge in [-0.05, 0) is 121 Å². The molecule has 67 heavy (non-hydrogen) atoms. The fourth-order valence-electron chi connectivity index (χ4n) is 5.30. The molecule has 0 saturated heterocycles. The zero-order chi connectivity index (χ0) is 49.7. The molecule has 10 aromatic rings. The predicted molar refractivity (Wildman–Crippen MR) is 311 cm³/mol. The number of thiophene rings is 5. The molecule has 0 unspecified atom stereocenters. The Morgan fingerprint density at radius 3 is 1.19 bits per heavy atom. The highest BCUT2D eigenvalue weighted by atomic mass is 32.1. The van der Waals surface area contributed by atoms with Crippen LogP contribution in [0, 0.1) is 19.0 Å². The lowest BCUT2D eigenvalue weighted by molar-refractivity contribution is 0.657. The number of thiol groups is 1. The van der Waals surface area contributed by atoms with Gasteiger partial charge in [0.25, 0.3) is 0 Å². The van der Waals surface area contributed by atoms with Gasteiger partial charge >= 0.3 is 0 Å². The van der Waals surface area contributed by atoms with E-state index in [1.54, 1.807) is 40.1 Å². The minimum atomic E-state index is -0.144. The second kappa shape index (κ2) is 38.1. The molecule has 0 aliphatic heterocycles. The molecule has 10 heteroatoms. The van der Waals surface area contributed by atoms with Crippen LogP contribution in [0.5, 0.6) is 0 Å². The van der Waals surface area contributed by atoms with E-state index in [0.717, 1.165) is 27.7 Å². The van der Waals surface area contributed by atoms with Crippen LogP contribution in [0.25, 0.3) is 52.6 Å². The van der Waals surface area contributed by atoms with E-state index in [4.69, 9.17) is 0 Å². The lowest BCUT2D eigenvalue weighted by atomic mass is 10.1. The van der Waals surface area contributed by atoms with Crippen LogP contribution in [-0.2, 0) is 5.75 Å². The maximum atomic E-state index is 12.5. The topological polar surface area (TPSA) is 47.4 Å². The summed E-state index contributed by atoms with van der Waals surface area (Å²) in [4.78, 5) is 18.2. The Labute approximate surface area is 428 Å². The number of halogens is 1. The molecule has 0 atom stereocenters. The minimum Gasteiger partial charge on any atom is -0.361 e. The molecular formula is C57H72FN3S6. The van der Waals surface area contributed by atoms with Crippen LogP contribution in [0.2, 0.25) is 0 Å². The Morgan fingerprint density at radius 1 is 0.403 bits per heavy atom. The fraction of sp³-hybridized carbons (Fsp3) is 0.228. The third-order valence-corrected chi connectivity index (χ3v) is 13.6. The van der Waals surface area contributed by atoms with Gasteiger partial charge in [-0.3, -0.25) is 0 Å². The van der Waals surface area contributed by atoms with Gasteiger partial charge in [0.05, 0.1) is 31.7 Å². The van der Waals surface area contributed by atoms with Gasteiger partial charge in [-0.25, -0.2) is 0 Å². The zero-order valence-electron chi connectivity index (χ0n) is 41.4. The van der Waals surface area contributed by atoms with E-state index in [1.807, 2.05) is 129 Å². The van der Waals surface area contributed by atoms with Gasteiger partial charge in [0, 0.05) is 43.9 Å². The van der Waals surface area contributed by atoms with Crippen LogP contribution < -0.4 is 0 Å². The number of nitrogens with one attached hydrogen (secondary N) is 3. The van der Waals surface area contributed by atoms with Crippen molar-refractivity contribution in [3.63, 3.8) is 0 Å². The number of aromatic amines is 3. The number of aromatic nitrogens is 3. The van der Waals surface area contributed by atoms with Gasteiger partial charge < -0.3 is 15.0 Å². The van der Waals surface area contributed by atoms with Crippen LogP contribution in [-0.4, -0.2) is 15.0 Å². The average Bonchev–Trinajstić information content (AvgIpc) is 4.24. The summed E-state index contributed by atoms with van der Waals surface area (Å²) in [6.45, 7) is 24.2. The number of H-pyrrole nitrogens is 3. The molecule has 8 aromatic heterocycles. The summed E-state index contributed by atoms with van der Waals surface area (Å²) in [7, 11) is 0. The number of aryl methyl sites for hydroxylation is 2. The van der Waals surface area contributed by atoms with E-state index >= 15 is 0 Å². The first-order valence-corrected chi connectivity index (χ1v) is 27.9. The highest BCUT2D eigenvalue weighted by molar-refractivity contribution is 7.79. The first kappa shape index (κ1) is 60.1. The third-order valence-electron chi connectivity index (χ3n) is 8.16. The summed E-state index contributed by atoms with van der Waals surface area (Å²) in [5.74, 6) is 0.825. The second-order valence-electron chi connectivity index (χ2n) is 12.4. The van der Waals surface area contributed by atoms with Gasteiger partial charge in [-0.15, -0.1) is 56.7 Å². The molecule has 3 nitrogen and oxygen atoms in total. The first-order valence-electron chi connectivity index (χ1n) is 23.1. The molecule has 8 heterocycles. The number of hydrogen-bond donors (Lipinski definition) is 4. The van der Waals surface area contributed by atoms with E-state index in [0.29, 0.717) is 0 Å². The van der Waals surface area contributed by atoms with Crippen molar-refractivity contribution in [3.8, 4) is 52.6 Å². The van der Waals surface area contributed by atoms with Gasteiger partial charge in [-0.2, -0.15) is 17.0 Å². The van der Waals surface area contributed by atoms with Gasteiger partial charge in [-0.1, -0.05) is 142 Å². The fourth-order valence-corrected chi connectivity index (χ4v) is 9.50. The minimum absolute atomic E-state index is 0.144. The van der Waals surface area contributed by atoms with Crippen molar-refractivity contribution in [2.75, 3.05) is 0 Å². The second-order valence-corrected chi connectivity index (χ2v) is 18.1. The summed E-state index contributed by atoms with van der Waals surface area (Å²) in [6.07, 6.45) is 5.72. The van der Waals surface area contributed by atoms with Gasteiger partial charge in [0.15, 0.2) is 5.13 Å². The van der Waals surface area contributed by atoms with Crippen molar-refractivity contribution in [1.82, 2.24) is 15.0 Å². The molecule has 0 aliphatic carbocycles. The number of benzene rings is 2. The SMILES string of the molecule is CC.CC.CC.CC.CC.Cc1ccc(-c2ccc[nH]2)s1.Cc1ccc(-c2cccs2)cc1.Fc1ccc(-c2ccc[nH]2)s1.SCc1ccc(-c2ccc[nH]2)s1.c1ccc(-c2cccs2)cc1. The highest BCUT2D eigenvalue weighted by Gasteiger charge is 2.03. The van der Waals surface area contributed by atoms with E-state index in [-0.39, 0.29) is 5.13 Å². The molecule has 0 spiro atoms. The average molecular weight is 1010 g/mol. The maximum absolute atomic E-state index is 12.5. The maximum Gasteiger partial charge on any atom is 0.177 e. The van der Waals surface area contributed by atoms with Crippen molar-refractivity contribution < 1.29 is 4.39 Å². The lowest BCUT2D eigenvalue weighted by Crippen LogP contribution is -1.72. The Bertz CT molecular complexity index is 2440. The predicted octanol–water partition coefficient (Wildman–Crippen LogP) is 21.4. The molecule has 3 N–H and O–H groups in total. The molecule has 10 rings (SSSR count). The summed E-state index contributed by atoms with van der Waals surface area (Å²) in [6, 6.07) is 51.3. The van der Waals surface area contributed by atoms with Crippen LogP contribution >= 0.6 is 69.3 Å². The summed E-state index contributed by atoms with van der Waals surface area (Å²) < 4.78 is 12.5. The molecule has 0 bridgehead atoms. The molecule has 0 amide bonds. The van der Waals surface area contributed by atoms with Crippen LogP contribution in [0.15, 0.2) is 181 Å². The van der Waals surface area contributed by atoms with E-state index in [9.17, 15) is 4.39 Å². The molecule has 0 radical (unpaired) electrons. The molecule has 2 aromatic carbocycles. The number of rotatable bonds is 6. The van der Waals surface area contributed by atoms with E-state index < -0.39 is 0 Å². The zero-order valence-corrected chi connectivity index (χ0v) is 46.4. The number of hydrogen-bond acceptors (Lipinski definition) is 6. The summed E-state index contributed by atoms with van der Waals surface area (Å²) in [5, 5.41) is 4.06. The Kier molecular flexibility index (Phi) is 34.1. The Hall–Kier alpha value is -4.94. The normalized spacial score (nSPS) is 9.10. The van der Waals surface area contributed by atoms with Crippen LogP contribution in [0.1, 0.15) is 84.6 Å². The summed E-state index contributed by atoms with van der Waals surface area (Å²) >= 11 is 12.5. The van der Waals surface area contributed by atoms with Crippen LogP contribution in [0.3, 0.4) is 0 Å². The largest absolute Gasteiger partial charge is 0.361 e. The van der Waals surface area contributed by atoms with Gasteiger partial charge in [0.2, 0.25) is 0 Å². The molecule has 0 saturated carbocycles. The highest BCUT2D eigenvalue weighted by Crippen LogP contribution is 2.29. The lowest BCUT2D eigenvalue weighted by Gasteiger charge is -1.96. The molecule has 358 valence electrons. The summed E-state index contributed by atoms with van der Waals surface area (Å²) in [5.41, 5.74) is 7.31. The van der Waals surface area contributed by atoms with Crippen molar-refractivity contribution in [2.24, 2.45) is 0 Å². The van der Waals surface area contributed by atoms with E-state index in [2.05, 4.69) is 161 Å². The van der Waals surface area contributed by atoms with Gasteiger partial charge in [0.1, 0.15) is 0 Å². The Balaban J connectivity index is 0.000000399. The third kappa shape index (κ3) is 22.6. The van der Waals surface area contributed by atoms with Crippen molar-refractivity contribution in [1.29, 1.82) is 0 Å². The van der Waals surface area contributed by atoms with Crippen molar-refractivity contribution in [2.45, 2.75) is 88.8 Å². The van der Waals surface area contributed by atoms with Crippen molar-refractivity contribution >= 4 is 69.3 Å². The molecule has 0 fully saturated rings. The standard InChI is InChI=1S/C11H10S.C10H8S.C9H9NS2.C9H9NS.C8H6FNS.5C2H6/c1-9-4-6-10(7-5-9)11-3-2-8-12-11;1-2-5-9(6-3-1)10-7-4-8-11-10;11-6-7-3-4-9(12-7)8-2-1-5-10-8;1-7-4-5-9(11-7)8-3-2-6-10-8;9-8-4-3-7(11-8)6-2-1-5-10-6;5*1-2/h2-8H,1H3;1-8H;1-5,10-11H,6H2;2-6,10H,1H3;1-5,10H;5*1-2H3.